The Morgan fingerprint density at radius 1 is 1.54 bits per heavy atom. The number of hydrogen-bond donors (Lipinski definition) is 1. The number of aromatic amines is 1. The lowest BCUT2D eigenvalue weighted by Crippen LogP contribution is -1.95. The van der Waals surface area contributed by atoms with Gasteiger partial charge in [0.1, 0.15) is 0 Å². The van der Waals surface area contributed by atoms with Gasteiger partial charge in [0, 0.05) is 0 Å². The van der Waals surface area contributed by atoms with Crippen LogP contribution in [0.2, 0.25) is 0 Å². The monoisotopic (exact) mass is 195 g/mol. The maximum atomic E-state index is 11.0. The summed E-state index contributed by atoms with van der Waals surface area (Å²) in [5, 5.41) is 0. The summed E-state index contributed by atoms with van der Waals surface area (Å²) < 4.78 is 0. The van der Waals surface area contributed by atoms with Gasteiger partial charge in [0.15, 0.2) is 10.5 Å². The Kier molecular flexibility index (Phi) is 1.88. The summed E-state index contributed by atoms with van der Waals surface area (Å²) in [5.41, 5.74) is 1.50. The number of H-pyrrole nitrogens is 1. The van der Waals surface area contributed by atoms with Gasteiger partial charge in [0.05, 0.1) is 11.9 Å². The minimum Gasteiger partial charge on any atom is -0.296 e. The molecule has 0 atom stereocenters. The number of hydrogen-bond acceptors (Lipinski definition) is 4. The van der Waals surface area contributed by atoms with Crippen molar-refractivity contribution < 1.29 is 0 Å². The predicted octanol–water partition coefficient (Wildman–Crippen LogP) is 1.50. The Bertz CT molecular complexity index is 485. The van der Waals surface area contributed by atoms with E-state index in [4.69, 9.17) is 0 Å². The molecule has 0 amide bonds. The molecule has 13 heavy (non-hydrogen) atoms. The number of rotatable bonds is 1. The first-order valence-electron chi connectivity index (χ1n) is 4.02. The molecule has 5 heteroatoms. The van der Waals surface area contributed by atoms with Crippen LogP contribution in [0, 0.1) is 0 Å². The molecule has 68 valence electrons. The normalized spacial score (nSPS) is 11.3. The van der Waals surface area contributed by atoms with Crippen molar-refractivity contribution in [3.8, 4) is 0 Å². The topological polar surface area (TPSA) is 58.6 Å². The molecule has 2 heterocycles. The highest BCUT2D eigenvalue weighted by molar-refractivity contribution is 7.15. The minimum atomic E-state index is -0.101. The van der Waals surface area contributed by atoms with Gasteiger partial charge in [-0.2, -0.15) is 0 Å². The fraction of sp³-hybridized carbons (Fsp3) is 0.375. The summed E-state index contributed by atoms with van der Waals surface area (Å²) in [5.74, 6) is 0.334. The van der Waals surface area contributed by atoms with E-state index >= 15 is 0 Å². The number of nitrogens with one attached hydrogen (secondary N) is 1. The largest absolute Gasteiger partial charge is 0.308 e. The molecule has 0 saturated heterocycles. The molecule has 0 fully saturated rings. The summed E-state index contributed by atoms with van der Waals surface area (Å²) in [4.78, 5) is 22.6. The molecule has 0 radical (unpaired) electrons. The van der Waals surface area contributed by atoms with Crippen LogP contribution < -0.4 is 4.87 Å². The van der Waals surface area contributed by atoms with E-state index in [9.17, 15) is 4.79 Å². The third-order valence-electron chi connectivity index (χ3n) is 1.76. The molecule has 0 aliphatic carbocycles. The second-order valence-electron chi connectivity index (χ2n) is 3.12. The van der Waals surface area contributed by atoms with Crippen molar-refractivity contribution in [2.45, 2.75) is 19.8 Å². The Hall–Kier alpha value is -1.23. The second kappa shape index (κ2) is 2.92. The lowest BCUT2D eigenvalue weighted by Gasteiger charge is -2.01. The first kappa shape index (κ1) is 8.37. The van der Waals surface area contributed by atoms with Crippen LogP contribution in [0.25, 0.3) is 10.5 Å². The van der Waals surface area contributed by atoms with E-state index in [0.717, 1.165) is 17.0 Å². The zero-order valence-corrected chi connectivity index (χ0v) is 8.18. The molecule has 1 N–H and O–H groups in total. The molecule has 0 spiro atoms. The van der Waals surface area contributed by atoms with Crippen molar-refractivity contribution in [2.24, 2.45) is 0 Å². The van der Waals surface area contributed by atoms with Crippen LogP contribution in [0.1, 0.15) is 25.5 Å². The fourth-order valence-electron chi connectivity index (χ4n) is 1.04. The zero-order chi connectivity index (χ0) is 9.42. The molecule has 0 aliphatic heterocycles. The van der Waals surface area contributed by atoms with Gasteiger partial charge >= 0.3 is 4.87 Å². The zero-order valence-electron chi connectivity index (χ0n) is 7.37. The minimum absolute atomic E-state index is 0.101. The third kappa shape index (κ3) is 1.47. The number of aromatic nitrogens is 3. The molecule has 2 aromatic rings. The lowest BCUT2D eigenvalue weighted by molar-refractivity contribution is 0.820. The quantitative estimate of drug-likeness (QED) is 0.750. The van der Waals surface area contributed by atoms with Crippen LogP contribution in [-0.4, -0.2) is 15.0 Å². The maximum Gasteiger partial charge on any atom is 0.308 e. The van der Waals surface area contributed by atoms with Gasteiger partial charge in [-0.05, 0) is 5.92 Å². The fourth-order valence-corrected chi connectivity index (χ4v) is 1.66. The molecule has 0 bridgehead atoms. The highest BCUT2D eigenvalue weighted by Gasteiger charge is 2.05. The Morgan fingerprint density at radius 3 is 3.00 bits per heavy atom. The van der Waals surface area contributed by atoms with Crippen molar-refractivity contribution in [2.75, 3.05) is 0 Å². The summed E-state index contributed by atoms with van der Waals surface area (Å²) >= 11 is 1.09. The van der Waals surface area contributed by atoms with Crippen LogP contribution in [0.4, 0.5) is 0 Å². The Morgan fingerprint density at radius 2 is 2.31 bits per heavy atom. The molecule has 4 nitrogen and oxygen atoms in total. The summed E-state index contributed by atoms with van der Waals surface area (Å²) in [6.07, 6.45) is 1.72. The van der Waals surface area contributed by atoms with Crippen molar-refractivity contribution in [3.05, 3.63) is 21.6 Å². The average molecular weight is 195 g/mol. The predicted molar refractivity (Wildman–Crippen MR) is 52.1 cm³/mol. The first-order valence-corrected chi connectivity index (χ1v) is 4.84. The Labute approximate surface area is 78.7 Å². The maximum absolute atomic E-state index is 11.0. The Balaban J connectivity index is 2.68. The molecule has 2 aromatic heterocycles. The van der Waals surface area contributed by atoms with Gasteiger partial charge < -0.3 is 0 Å². The van der Waals surface area contributed by atoms with Crippen LogP contribution >= 0.6 is 11.3 Å². The molecule has 0 aliphatic rings. The number of thiazole rings is 1. The van der Waals surface area contributed by atoms with Crippen LogP contribution in [0.3, 0.4) is 0 Å². The van der Waals surface area contributed by atoms with E-state index in [1.54, 1.807) is 6.20 Å². The highest BCUT2D eigenvalue weighted by atomic mass is 32.1. The van der Waals surface area contributed by atoms with Crippen LogP contribution in [-0.2, 0) is 0 Å². The van der Waals surface area contributed by atoms with Crippen LogP contribution in [0.15, 0.2) is 11.0 Å². The van der Waals surface area contributed by atoms with E-state index in [-0.39, 0.29) is 4.87 Å². The van der Waals surface area contributed by atoms with E-state index in [1.165, 1.54) is 0 Å². The molecular formula is C8H9N3OS. The molecule has 0 aromatic carbocycles. The van der Waals surface area contributed by atoms with Gasteiger partial charge in [-0.25, -0.2) is 9.97 Å². The van der Waals surface area contributed by atoms with E-state index in [1.807, 2.05) is 13.8 Å². The van der Waals surface area contributed by atoms with Gasteiger partial charge in [0.25, 0.3) is 0 Å². The van der Waals surface area contributed by atoms with Crippen molar-refractivity contribution in [3.63, 3.8) is 0 Å². The van der Waals surface area contributed by atoms with Crippen molar-refractivity contribution in [1.29, 1.82) is 0 Å². The van der Waals surface area contributed by atoms with Crippen molar-refractivity contribution in [1.82, 2.24) is 15.0 Å². The summed E-state index contributed by atoms with van der Waals surface area (Å²) in [6, 6.07) is 0. The first-order chi connectivity index (χ1) is 6.16. The smallest absolute Gasteiger partial charge is 0.296 e. The third-order valence-corrected chi connectivity index (χ3v) is 2.54. The highest BCUT2D eigenvalue weighted by Crippen LogP contribution is 2.14. The lowest BCUT2D eigenvalue weighted by atomic mass is 10.1. The van der Waals surface area contributed by atoms with Gasteiger partial charge in [-0.1, -0.05) is 25.2 Å². The second-order valence-corrected chi connectivity index (χ2v) is 4.08. The van der Waals surface area contributed by atoms with Gasteiger partial charge in [0.2, 0.25) is 0 Å². The summed E-state index contributed by atoms with van der Waals surface area (Å²) in [6.45, 7) is 4.08. The molecule has 0 saturated carbocycles. The molecular weight excluding hydrogens is 186 g/mol. The van der Waals surface area contributed by atoms with Crippen LogP contribution in [0.5, 0.6) is 0 Å². The standard InChI is InChI=1S/C8H9N3OS/c1-4(2)5-3-9-7-6(10-5)11-8(12)13-7/h3-4H,1-2H3,(H,10,11,12). The van der Waals surface area contributed by atoms with Gasteiger partial charge in [-0.3, -0.25) is 9.78 Å². The molecule has 0 unspecified atom stereocenters. The molecule has 2 rings (SSSR count). The number of fused-ring (bicyclic) bond motifs is 1. The SMILES string of the molecule is CC(C)c1cnc2sc(=O)[nH]c2n1. The van der Waals surface area contributed by atoms with E-state index < -0.39 is 0 Å². The van der Waals surface area contributed by atoms with Gasteiger partial charge in [-0.15, -0.1) is 0 Å². The van der Waals surface area contributed by atoms with E-state index in [0.29, 0.717) is 16.4 Å². The summed E-state index contributed by atoms with van der Waals surface area (Å²) in [7, 11) is 0. The number of nitrogens with zero attached hydrogens (tertiary/aromatic N) is 2. The van der Waals surface area contributed by atoms with E-state index in [2.05, 4.69) is 15.0 Å². The average Bonchev–Trinajstić information content (AvgIpc) is 2.42. The van der Waals surface area contributed by atoms with Crippen molar-refractivity contribution >= 4 is 21.8 Å².